The molecule has 0 bridgehead atoms. The molecule has 1 aliphatic rings. The molecule has 0 aliphatic carbocycles. The third-order valence-electron chi connectivity index (χ3n) is 4.80. The first kappa shape index (κ1) is 29.1. The molecule has 1 unspecified atom stereocenters. The monoisotopic (exact) mass is 532 g/mol. The molecule has 0 spiro atoms. The van der Waals surface area contributed by atoms with E-state index in [0.717, 1.165) is 6.26 Å². The van der Waals surface area contributed by atoms with Crippen LogP contribution in [-0.2, 0) is 34.6 Å². The lowest BCUT2D eigenvalue weighted by Gasteiger charge is -2.33. The Balaban J connectivity index is 2.41. The Labute approximate surface area is 210 Å². The summed E-state index contributed by atoms with van der Waals surface area (Å²) in [5, 5.41) is -0.671. The first-order chi connectivity index (χ1) is 16.0. The second-order valence-electron chi connectivity index (χ2n) is 10.3. The number of benzene rings is 1. The van der Waals surface area contributed by atoms with Gasteiger partial charge in [0.1, 0.15) is 11.2 Å². The molecule has 0 N–H and O–H groups in total. The van der Waals surface area contributed by atoms with Gasteiger partial charge in [0, 0.05) is 24.5 Å². The SMILES string of the molecule is CC(C)(C)OC(=O)N1C[C@H](N(CCOS(C)(=O)=O)C(=O)OC(C)(C)C)[C@@H](S(=O)c2ccccc2)C1. The normalized spacial score (nSPS) is 19.8. The van der Waals surface area contributed by atoms with E-state index in [4.69, 9.17) is 13.7 Å². The fraction of sp³-hybridized carbons (Fsp3) is 0.652. The van der Waals surface area contributed by atoms with Gasteiger partial charge in [0.2, 0.25) is 0 Å². The van der Waals surface area contributed by atoms with Crippen LogP contribution in [0.2, 0.25) is 0 Å². The van der Waals surface area contributed by atoms with Crippen LogP contribution in [0.25, 0.3) is 0 Å². The average Bonchev–Trinajstić information content (AvgIpc) is 3.13. The second-order valence-corrected chi connectivity index (χ2v) is 13.6. The molecule has 0 radical (unpaired) electrons. The maximum atomic E-state index is 13.6. The van der Waals surface area contributed by atoms with Gasteiger partial charge in [-0.05, 0) is 53.7 Å². The van der Waals surface area contributed by atoms with Crippen molar-refractivity contribution in [2.75, 3.05) is 32.5 Å². The zero-order valence-electron chi connectivity index (χ0n) is 21.3. The van der Waals surface area contributed by atoms with Crippen LogP contribution in [-0.4, -0.2) is 89.6 Å². The quantitative estimate of drug-likeness (QED) is 0.492. The summed E-state index contributed by atoms with van der Waals surface area (Å²) in [6.07, 6.45) is -0.398. The predicted octanol–water partition coefficient (Wildman–Crippen LogP) is 3.00. The molecule has 35 heavy (non-hydrogen) atoms. The van der Waals surface area contributed by atoms with Crippen LogP contribution in [0.5, 0.6) is 0 Å². The van der Waals surface area contributed by atoms with Gasteiger partial charge in [-0.2, -0.15) is 8.42 Å². The van der Waals surface area contributed by atoms with Gasteiger partial charge in [0.25, 0.3) is 10.1 Å². The Bertz CT molecular complexity index is 1020. The fourth-order valence-electron chi connectivity index (χ4n) is 3.47. The Morgan fingerprint density at radius 1 is 1.03 bits per heavy atom. The van der Waals surface area contributed by atoms with E-state index in [-0.39, 0.29) is 26.2 Å². The van der Waals surface area contributed by atoms with Crippen LogP contribution in [0.3, 0.4) is 0 Å². The molecular weight excluding hydrogens is 496 g/mol. The van der Waals surface area contributed by atoms with Crippen molar-refractivity contribution in [3.63, 3.8) is 0 Å². The molecule has 1 aromatic carbocycles. The molecule has 1 saturated heterocycles. The number of ether oxygens (including phenoxy) is 2. The van der Waals surface area contributed by atoms with Crippen molar-refractivity contribution in [3.8, 4) is 0 Å². The lowest BCUT2D eigenvalue weighted by molar-refractivity contribution is 0.0111. The molecule has 1 aliphatic heterocycles. The Hall–Kier alpha value is -2.18. The molecule has 198 valence electrons. The van der Waals surface area contributed by atoms with E-state index in [2.05, 4.69) is 0 Å². The van der Waals surface area contributed by atoms with Crippen molar-refractivity contribution >= 4 is 33.1 Å². The minimum Gasteiger partial charge on any atom is -0.444 e. The van der Waals surface area contributed by atoms with Crippen molar-refractivity contribution in [1.82, 2.24) is 9.80 Å². The lowest BCUT2D eigenvalue weighted by Crippen LogP contribution is -2.51. The number of carbonyl (C=O) groups is 2. The van der Waals surface area contributed by atoms with Crippen LogP contribution in [0.4, 0.5) is 9.59 Å². The van der Waals surface area contributed by atoms with E-state index in [0.29, 0.717) is 4.90 Å². The highest BCUT2D eigenvalue weighted by Gasteiger charge is 2.46. The van der Waals surface area contributed by atoms with Crippen LogP contribution >= 0.6 is 0 Å². The molecule has 0 saturated carbocycles. The zero-order valence-corrected chi connectivity index (χ0v) is 23.0. The molecular formula is C23H36N2O8S2. The fourth-order valence-corrected chi connectivity index (χ4v) is 5.46. The average molecular weight is 533 g/mol. The number of carbonyl (C=O) groups excluding carboxylic acids is 2. The Kier molecular flexibility index (Phi) is 9.34. The highest BCUT2D eigenvalue weighted by molar-refractivity contribution is 7.86. The van der Waals surface area contributed by atoms with E-state index in [1.54, 1.807) is 71.9 Å². The van der Waals surface area contributed by atoms with Gasteiger partial charge >= 0.3 is 12.2 Å². The van der Waals surface area contributed by atoms with Crippen molar-refractivity contribution in [3.05, 3.63) is 30.3 Å². The first-order valence-electron chi connectivity index (χ1n) is 11.2. The molecule has 10 nitrogen and oxygen atoms in total. The van der Waals surface area contributed by atoms with Gasteiger partial charge in [0.15, 0.2) is 0 Å². The van der Waals surface area contributed by atoms with Crippen LogP contribution in [0.1, 0.15) is 41.5 Å². The lowest BCUT2D eigenvalue weighted by atomic mass is 10.2. The van der Waals surface area contributed by atoms with Gasteiger partial charge in [0.05, 0.1) is 35.0 Å². The number of likely N-dealkylation sites (tertiary alicyclic amines) is 1. The third kappa shape index (κ3) is 9.42. The Morgan fingerprint density at radius 3 is 2.11 bits per heavy atom. The smallest absolute Gasteiger partial charge is 0.410 e. The highest BCUT2D eigenvalue weighted by atomic mass is 32.2. The van der Waals surface area contributed by atoms with Crippen molar-refractivity contribution < 1.29 is 35.9 Å². The third-order valence-corrected chi connectivity index (χ3v) is 7.14. The van der Waals surface area contributed by atoms with Crippen molar-refractivity contribution in [2.24, 2.45) is 0 Å². The summed E-state index contributed by atoms with van der Waals surface area (Å²) in [6, 6.07) is 8.02. The second kappa shape index (κ2) is 11.3. The largest absolute Gasteiger partial charge is 0.444 e. The van der Waals surface area contributed by atoms with Gasteiger partial charge in [-0.15, -0.1) is 0 Å². The van der Waals surface area contributed by atoms with Crippen molar-refractivity contribution in [1.29, 1.82) is 0 Å². The summed E-state index contributed by atoms with van der Waals surface area (Å²) in [4.78, 5) is 29.3. The maximum absolute atomic E-state index is 13.6. The van der Waals surface area contributed by atoms with Crippen LogP contribution in [0.15, 0.2) is 35.2 Å². The van der Waals surface area contributed by atoms with Gasteiger partial charge in [-0.3, -0.25) is 13.3 Å². The number of hydrogen-bond acceptors (Lipinski definition) is 8. The van der Waals surface area contributed by atoms with E-state index in [1.807, 2.05) is 0 Å². The topological polar surface area (TPSA) is 120 Å². The van der Waals surface area contributed by atoms with Gasteiger partial charge in [-0.1, -0.05) is 18.2 Å². The summed E-state index contributed by atoms with van der Waals surface area (Å²) in [5.41, 5.74) is -1.57. The van der Waals surface area contributed by atoms with Crippen LogP contribution < -0.4 is 0 Å². The standard InChI is InChI=1S/C23H36N2O8S2/c1-22(2,3)32-20(26)24-15-18(19(16-24)34(28)17-11-9-8-10-12-17)25(13-14-31-35(7,29)30)21(27)33-23(4,5)6/h8-12,18-19H,13-16H2,1-7H3/t18-,19-,34?/m0/s1. The summed E-state index contributed by atoms with van der Waals surface area (Å²) < 4.78 is 52.5. The van der Waals surface area contributed by atoms with Gasteiger partial charge < -0.3 is 14.4 Å². The van der Waals surface area contributed by atoms with E-state index in [9.17, 15) is 22.2 Å². The highest BCUT2D eigenvalue weighted by Crippen LogP contribution is 2.27. The summed E-state index contributed by atoms with van der Waals surface area (Å²) in [7, 11) is -5.33. The minimum atomic E-state index is -3.74. The van der Waals surface area contributed by atoms with Crippen LogP contribution in [0, 0.1) is 0 Å². The predicted molar refractivity (Wildman–Crippen MR) is 132 cm³/mol. The molecule has 3 atom stereocenters. The van der Waals surface area contributed by atoms with E-state index in [1.165, 1.54) is 9.80 Å². The zero-order chi connectivity index (χ0) is 26.6. The summed E-state index contributed by atoms with van der Waals surface area (Å²) in [6.45, 7) is 10.0. The van der Waals surface area contributed by atoms with E-state index < -0.39 is 55.6 Å². The number of hydrogen-bond donors (Lipinski definition) is 0. The van der Waals surface area contributed by atoms with E-state index >= 15 is 0 Å². The maximum Gasteiger partial charge on any atom is 0.410 e. The molecule has 2 rings (SSSR count). The summed E-state index contributed by atoms with van der Waals surface area (Å²) in [5.74, 6) is 0. The van der Waals surface area contributed by atoms with Gasteiger partial charge in [-0.25, -0.2) is 9.59 Å². The number of amides is 2. The van der Waals surface area contributed by atoms with Crippen molar-refractivity contribution in [2.45, 2.75) is 68.9 Å². The molecule has 12 heteroatoms. The number of nitrogens with zero attached hydrogens (tertiary/aromatic N) is 2. The molecule has 1 fully saturated rings. The molecule has 1 aromatic rings. The minimum absolute atomic E-state index is 0.0380. The molecule has 1 heterocycles. The number of rotatable bonds is 7. The first-order valence-corrected chi connectivity index (χ1v) is 14.3. The Morgan fingerprint density at radius 2 is 1.60 bits per heavy atom. The molecule has 0 aromatic heterocycles. The molecule has 2 amide bonds. The summed E-state index contributed by atoms with van der Waals surface area (Å²) >= 11 is 0.